The minimum absolute atomic E-state index is 0.122. The molecule has 29 heavy (non-hydrogen) atoms. The number of piperidine rings is 1. The van der Waals surface area contributed by atoms with Crippen LogP contribution in [0.5, 0.6) is 0 Å². The van der Waals surface area contributed by atoms with Gasteiger partial charge in [-0.05, 0) is 56.1 Å². The minimum atomic E-state index is -0.178. The van der Waals surface area contributed by atoms with Gasteiger partial charge >= 0.3 is 0 Å². The number of benzene rings is 2. The van der Waals surface area contributed by atoms with Gasteiger partial charge in [-0.3, -0.25) is 4.79 Å². The van der Waals surface area contributed by atoms with Gasteiger partial charge in [0.15, 0.2) is 0 Å². The number of likely N-dealkylation sites (N-methyl/N-ethyl adjacent to an activating group) is 1. The highest BCUT2D eigenvalue weighted by atomic mass is 19.1. The maximum absolute atomic E-state index is 11.9. The molecule has 0 aliphatic carbocycles. The molecule has 2 aliphatic rings. The molecule has 1 N–H and O–H groups in total. The van der Waals surface area contributed by atoms with Gasteiger partial charge in [0.1, 0.15) is 11.9 Å². The zero-order valence-electron chi connectivity index (χ0n) is 17.9. The van der Waals surface area contributed by atoms with Gasteiger partial charge in [0, 0.05) is 19.6 Å². The Balaban J connectivity index is 0.000000213. The molecule has 0 amide bonds. The lowest BCUT2D eigenvalue weighted by molar-refractivity contribution is -0.134. The van der Waals surface area contributed by atoms with Crippen molar-refractivity contribution in [1.82, 2.24) is 10.2 Å². The maximum atomic E-state index is 11.9. The number of hydrogen-bond acceptors (Lipinski definition) is 4. The van der Waals surface area contributed by atoms with Gasteiger partial charge in [0.25, 0.3) is 6.47 Å². The number of halogens is 1. The molecule has 0 spiro atoms. The van der Waals surface area contributed by atoms with E-state index in [4.69, 9.17) is 4.74 Å². The molecule has 1 unspecified atom stereocenters. The van der Waals surface area contributed by atoms with E-state index < -0.39 is 0 Å². The minimum Gasteiger partial charge on any atom is -0.463 e. The normalized spacial score (nSPS) is 17.6. The van der Waals surface area contributed by atoms with Crippen molar-refractivity contribution in [2.24, 2.45) is 0 Å². The van der Waals surface area contributed by atoms with Crippen LogP contribution in [-0.2, 0) is 22.5 Å². The molecule has 0 aromatic heterocycles. The Labute approximate surface area is 175 Å². The predicted molar refractivity (Wildman–Crippen MR) is 117 cm³/mol. The molecule has 2 heterocycles. The Morgan fingerprint density at radius 3 is 2.28 bits per heavy atom. The van der Waals surface area contributed by atoms with E-state index in [0.717, 1.165) is 32.5 Å². The van der Waals surface area contributed by atoms with Crippen LogP contribution in [0.2, 0.25) is 0 Å². The van der Waals surface area contributed by atoms with Crippen LogP contribution >= 0.6 is 0 Å². The SMILES string of the molecule is CC.CN1CCc2ccccc2C1.Fc1ccccc1.O=COC1CCCNC1. The Kier molecular flexibility index (Phi) is 13.4. The Bertz CT molecular complexity index is 661. The van der Waals surface area contributed by atoms with Crippen LogP contribution in [0.4, 0.5) is 4.39 Å². The fraction of sp³-hybridized carbons (Fsp3) is 0.458. The fourth-order valence-corrected chi connectivity index (χ4v) is 3.07. The first-order valence-corrected chi connectivity index (χ1v) is 10.4. The molecule has 0 bridgehead atoms. The summed E-state index contributed by atoms with van der Waals surface area (Å²) in [7, 11) is 2.18. The zero-order valence-corrected chi connectivity index (χ0v) is 17.9. The average molecular weight is 403 g/mol. The topological polar surface area (TPSA) is 41.6 Å². The highest BCUT2D eigenvalue weighted by Gasteiger charge is 2.12. The molecule has 1 atom stereocenters. The van der Waals surface area contributed by atoms with E-state index in [1.54, 1.807) is 18.2 Å². The number of carbonyl (C=O) groups is 1. The molecule has 4 nitrogen and oxygen atoms in total. The second-order valence-corrected chi connectivity index (χ2v) is 6.75. The number of ether oxygens (including phenoxy) is 1. The molecule has 5 heteroatoms. The number of nitrogens with one attached hydrogen (secondary N) is 1. The van der Waals surface area contributed by atoms with Crippen LogP contribution < -0.4 is 5.32 Å². The van der Waals surface area contributed by atoms with Crippen molar-refractivity contribution in [3.63, 3.8) is 0 Å². The number of carbonyl (C=O) groups excluding carboxylic acids is 1. The lowest BCUT2D eigenvalue weighted by Crippen LogP contribution is -2.34. The first-order valence-electron chi connectivity index (χ1n) is 10.4. The second kappa shape index (κ2) is 15.7. The Morgan fingerprint density at radius 2 is 1.72 bits per heavy atom. The zero-order chi connectivity index (χ0) is 21.3. The van der Waals surface area contributed by atoms with E-state index >= 15 is 0 Å². The van der Waals surface area contributed by atoms with Crippen molar-refractivity contribution < 1.29 is 13.9 Å². The first-order chi connectivity index (χ1) is 14.2. The van der Waals surface area contributed by atoms with Gasteiger partial charge in [-0.2, -0.15) is 0 Å². The Morgan fingerprint density at radius 1 is 1.07 bits per heavy atom. The van der Waals surface area contributed by atoms with Gasteiger partial charge in [0.05, 0.1) is 0 Å². The van der Waals surface area contributed by atoms with E-state index in [1.807, 2.05) is 13.8 Å². The average Bonchev–Trinajstić information content (AvgIpc) is 2.77. The number of rotatable bonds is 2. The van der Waals surface area contributed by atoms with Gasteiger partial charge in [-0.25, -0.2) is 4.39 Å². The van der Waals surface area contributed by atoms with Crippen LogP contribution in [0, 0.1) is 5.82 Å². The maximum Gasteiger partial charge on any atom is 0.293 e. The second-order valence-electron chi connectivity index (χ2n) is 6.75. The summed E-state index contributed by atoms with van der Waals surface area (Å²) < 4.78 is 16.6. The van der Waals surface area contributed by atoms with Gasteiger partial charge in [-0.15, -0.1) is 0 Å². The van der Waals surface area contributed by atoms with Crippen molar-refractivity contribution in [3.8, 4) is 0 Å². The van der Waals surface area contributed by atoms with E-state index in [9.17, 15) is 9.18 Å². The summed E-state index contributed by atoms with van der Waals surface area (Å²) in [6.07, 6.45) is 3.45. The fourth-order valence-electron chi connectivity index (χ4n) is 3.07. The molecular weight excluding hydrogens is 367 g/mol. The largest absolute Gasteiger partial charge is 0.463 e. The third-order valence-corrected chi connectivity index (χ3v) is 4.55. The highest BCUT2D eigenvalue weighted by molar-refractivity contribution is 5.37. The van der Waals surface area contributed by atoms with E-state index in [0.29, 0.717) is 6.47 Å². The smallest absolute Gasteiger partial charge is 0.293 e. The van der Waals surface area contributed by atoms with Crippen molar-refractivity contribution in [3.05, 3.63) is 71.5 Å². The summed E-state index contributed by atoms with van der Waals surface area (Å²) in [5.74, 6) is -0.178. The van der Waals surface area contributed by atoms with Crippen molar-refractivity contribution in [2.75, 3.05) is 26.7 Å². The molecule has 2 aromatic rings. The number of hydrogen-bond donors (Lipinski definition) is 1. The number of fused-ring (bicyclic) bond motifs is 1. The summed E-state index contributed by atoms with van der Waals surface area (Å²) in [5.41, 5.74) is 3.03. The van der Waals surface area contributed by atoms with Gasteiger partial charge in [0.2, 0.25) is 0 Å². The van der Waals surface area contributed by atoms with Crippen LogP contribution in [0.1, 0.15) is 37.8 Å². The summed E-state index contributed by atoms with van der Waals surface area (Å²) in [5, 5.41) is 3.14. The molecular formula is C24H35FN2O2. The summed E-state index contributed by atoms with van der Waals surface area (Å²) in [4.78, 5) is 12.2. The van der Waals surface area contributed by atoms with Crippen molar-refractivity contribution >= 4 is 6.47 Å². The van der Waals surface area contributed by atoms with Gasteiger partial charge in [-0.1, -0.05) is 56.3 Å². The van der Waals surface area contributed by atoms with Gasteiger partial charge < -0.3 is 15.0 Å². The summed E-state index contributed by atoms with van der Waals surface area (Å²) in [6.45, 7) is 8.72. The quantitative estimate of drug-likeness (QED) is 0.754. The summed E-state index contributed by atoms with van der Waals surface area (Å²) >= 11 is 0. The van der Waals surface area contributed by atoms with E-state index in [1.165, 1.54) is 36.2 Å². The Hall–Kier alpha value is -2.24. The molecule has 160 valence electrons. The molecule has 2 aromatic carbocycles. The lowest BCUT2D eigenvalue weighted by atomic mass is 10.0. The standard InChI is InChI=1S/C10H13N.C6H5F.C6H11NO2.C2H6/c1-11-7-6-9-4-2-3-5-10(9)8-11;7-6-4-2-1-3-5-6;8-5-9-6-2-1-3-7-4-6;1-2/h2-5H,6-8H2,1H3;1-5H;5-7H,1-4H2;1-2H3. The molecule has 4 rings (SSSR count). The number of nitrogens with zero attached hydrogens (tertiary/aromatic N) is 1. The third-order valence-electron chi connectivity index (χ3n) is 4.55. The molecule has 2 aliphatic heterocycles. The monoisotopic (exact) mass is 402 g/mol. The molecule has 0 radical (unpaired) electrons. The van der Waals surface area contributed by atoms with Crippen LogP contribution in [0.3, 0.4) is 0 Å². The molecule has 1 saturated heterocycles. The van der Waals surface area contributed by atoms with Crippen LogP contribution in [0.15, 0.2) is 54.6 Å². The molecule has 1 fully saturated rings. The first kappa shape index (κ1) is 24.8. The van der Waals surface area contributed by atoms with E-state index in [2.05, 4.69) is 41.5 Å². The van der Waals surface area contributed by atoms with Crippen LogP contribution in [0.25, 0.3) is 0 Å². The highest BCUT2D eigenvalue weighted by Crippen LogP contribution is 2.16. The van der Waals surface area contributed by atoms with Crippen molar-refractivity contribution in [1.29, 1.82) is 0 Å². The summed E-state index contributed by atoms with van der Waals surface area (Å²) in [6, 6.07) is 16.7. The molecule has 0 saturated carbocycles. The van der Waals surface area contributed by atoms with Crippen LogP contribution in [-0.4, -0.2) is 44.2 Å². The predicted octanol–water partition coefficient (Wildman–Crippen LogP) is 4.44. The van der Waals surface area contributed by atoms with Crippen molar-refractivity contribution in [2.45, 2.75) is 45.8 Å². The lowest BCUT2D eigenvalue weighted by Gasteiger charge is -2.24. The third kappa shape index (κ3) is 10.8. The van der Waals surface area contributed by atoms with E-state index in [-0.39, 0.29) is 11.9 Å².